The van der Waals surface area contributed by atoms with Gasteiger partial charge >= 0.3 is 6.36 Å². The van der Waals surface area contributed by atoms with Crippen LogP contribution in [0.2, 0.25) is 0 Å². The van der Waals surface area contributed by atoms with Gasteiger partial charge in [0.15, 0.2) is 5.13 Å². The van der Waals surface area contributed by atoms with E-state index in [9.17, 15) is 18.0 Å². The molecule has 0 spiro atoms. The molecule has 0 aliphatic carbocycles. The van der Waals surface area contributed by atoms with Crippen molar-refractivity contribution in [2.45, 2.75) is 25.3 Å². The summed E-state index contributed by atoms with van der Waals surface area (Å²) in [6, 6.07) is 10.7. The van der Waals surface area contributed by atoms with Gasteiger partial charge in [0.1, 0.15) is 11.5 Å². The van der Waals surface area contributed by atoms with Crippen molar-refractivity contribution in [2.24, 2.45) is 0 Å². The molecule has 0 bridgehead atoms. The van der Waals surface area contributed by atoms with Crippen molar-refractivity contribution < 1.29 is 32.2 Å². The van der Waals surface area contributed by atoms with E-state index < -0.39 is 6.36 Å². The number of methoxy groups -OCH3 is 1. The molecule has 1 aromatic heterocycles. The maximum atomic E-state index is 13.3. The van der Waals surface area contributed by atoms with Crippen LogP contribution in [-0.4, -0.2) is 43.6 Å². The minimum absolute atomic E-state index is 0.134. The Balaban J connectivity index is 1.68. The van der Waals surface area contributed by atoms with Crippen molar-refractivity contribution in [3.05, 3.63) is 48.0 Å². The van der Waals surface area contributed by atoms with Crippen LogP contribution in [0.4, 0.5) is 18.3 Å². The van der Waals surface area contributed by atoms with Crippen LogP contribution in [0.5, 0.6) is 11.5 Å². The standard InChI is InChI=1S/C21H19F3N2O4S/c1-28-14-5-2-4-13(10-14)19(27)26(12-16-6-3-9-29-16)20-25-17-8-7-15(11-18(17)31-20)30-21(22,23)24/h2,4-5,7-8,10-11,16H,3,6,9,12H2,1H3. The number of hydrogen-bond acceptors (Lipinski definition) is 6. The number of thiazole rings is 1. The van der Waals surface area contributed by atoms with Crippen LogP contribution in [0.1, 0.15) is 23.2 Å². The minimum atomic E-state index is -4.78. The van der Waals surface area contributed by atoms with E-state index in [1.54, 1.807) is 24.3 Å². The van der Waals surface area contributed by atoms with Crippen molar-refractivity contribution in [3.8, 4) is 11.5 Å². The number of fused-ring (bicyclic) bond motifs is 1. The normalized spacial score (nSPS) is 16.5. The Morgan fingerprint density at radius 2 is 2.10 bits per heavy atom. The second-order valence-corrected chi connectivity index (χ2v) is 7.97. The number of anilines is 1. The number of rotatable bonds is 6. The second-order valence-electron chi connectivity index (χ2n) is 6.96. The Labute approximate surface area is 180 Å². The van der Waals surface area contributed by atoms with Gasteiger partial charge in [0.05, 0.1) is 30.0 Å². The van der Waals surface area contributed by atoms with Gasteiger partial charge in [-0.3, -0.25) is 9.69 Å². The van der Waals surface area contributed by atoms with Crippen LogP contribution < -0.4 is 14.4 Å². The fourth-order valence-electron chi connectivity index (χ4n) is 3.36. The van der Waals surface area contributed by atoms with E-state index in [-0.39, 0.29) is 17.8 Å². The predicted octanol–water partition coefficient (Wildman–Crippen LogP) is 5.03. The lowest BCUT2D eigenvalue weighted by molar-refractivity contribution is -0.274. The molecule has 2 aromatic carbocycles. The van der Waals surface area contributed by atoms with Crippen molar-refractivity contribution >= 4 is 32.6 Å². The molecule has 0 saturated carbocycles. The molecule has 4 rings (SSSR count). The van der Waals surface area contributed by atoms with E-state index in [1.165, 1.54) is 30.2 Å². The number of nitrogens with zero attached hydrogens (tertiary/aromatic N) is 2. The van der Waals surface area contributed by atoms with Gasteiger partial charge in [0.2, 0.25) is 0 Å². The molecule has 1 saturated heterocycles. The van der Waals surface area contributed by atoms with Gasteiger partial charge in [-0.05, 0) is 43.2 Å². The topological polar surface area (TPSA) is 60.9 Å². The number of halogens is 3. The summed E-state index contributed by atoms with van der Waals surface area (Å²) in [6.07, 6.45) is -3.19. The molecule has 1 aliphatic heterocycles. The summed E-state index contributed by atoms with van der Waals surface area (Å²) in [7, 11) is 1.52. The van der Waals surface area contributed by atoms with Gasteiger partial charge in [-0.25, -0.2) is 4.98 Å². The lowest BCUT2D eigenvalue weighted by atomic mass is 10.1. The van der Waals surface area contributed by atoms with E-state index in [2.05, 4.69) is 9.72 Å². The highest BCUT2D eigenvalue weighted by Crippen LogP contribution is 2.34. The maximum absolute atomic E-state index is 13.3. The molecular formula is C21H19F3N2O4S. The zero-order valence-corrected chi connectivity index (χ0v) is 17.3. The first-order chi connectivity index (χ1) is 14.8. The highest BCUT2D eigenvalue weighted by molar-refractivity contribution is 7.22. The van der Waals surface area contributed by atoms with Crippen molar-refractivity contribution in [1.29, 1.82) is 0 Å². The summed E-state index contributed by atoms with van der Waals surface area (Å²) in [5.74, 6) is -0.0821. The molecular weight excluding hydrogens is 433 g/mol. The average molecular weight is 452 g/mol. The molecule has 1 amide bonds. The number of ether oxygens (including phenoxy) is 3. The van der Waals surface area contributed by atoms with Crippen LogP contribution in [0.25, 0.3) is 10.2 Å². The number of aromatic nitrogens is 1. The molecule has 1 atom stereocenters. The quantitative estimate of drug-likeness (QED) is 0.525. The maximum Gasteiger partial charge on any atom is 0.573 e. The SMILES string of the molecule is COc1cccc(C(=O)N(CC2CCCO2)c2nc3ccc(OC(F)(F)F)cc3s2)c1. The summed E-state index contributed by atoms with van der Waals surface area (Å²) in [5.41, 5.74) is 0.892. The third-order valence-corrected chi connectivity index (χ3v) is 5.83. The molecule has 31 heavy (non-hydrogen) atoms. The van der Waals surface area contributed by atoms with Crippen molar-refractivity contribution in [2.75, 3.05) is 25.2 Å². The fourth-order valence-corrected chi connectivity index (χ4v) is 4.36. The lowest BCUT2D eigenvalue weighted by Gasteiger charge is -2.23. The Morgan fingerprint density at radius 1 is 1.26 bits per heavy atom. The molecule has 1 aliphatic rings. The highest BCUT2D eigenvalue weighted by Gasteiger charge is 2.31. The molecule has 164 valence electrons. The fraction of sp³-hybridized carbons (Fsp3) is 0.333. The van der Waals surface area contributed by atoms with Crippen LogP contribution in [0, 0.1) is 0 Å². The zero-order valence-electron chi connectivity index (χ0n) is 16.5. The van der Waals surface area contributed by atoms with Gasteiger partial charge in [-0.15, -0.1) is 13.2 Å². The van der Waals surface area contributed by atoms with Gasteiger partial charge < -0.3 is 14.2 Å². The van der Waals surface area contributed by atoms with Crippen LogP contribution in [-0.2, 0) is 4.74 Å². The Morgan fingerprint density at radius 3 is 2.81 bits per heavy atom. The Bertz CT molecular complexity index is 1080. The third-order valence-electron chi connectivity index (χ3n) is 4.79. The summed E-state index contributed by atoms with van der Waals surface area (Å²) < 4.78 is 53.0. The first-order valence-corrected chi connectivity index (χ1v) is 10.4. The summed E-state index contributed by atoms with van der Waals surface area (Å²) in [6.45, 7) is 0.922. The number of hydrogen-bond donors (Lipinski definition) is 0. The molecule has 6 nitrogen and oxygen atoms in total. The number of carbonyl (C=O) groups is 1. The Hall–Kier alpha value is -2.85. The monoisotopic (exact) mass is 452 g/mol. The van der Waals surface area contributed by atoms with E-state index in [0.717, 1.165) is 24.2 Å². The highest BCUT2D eigenvalue weighted by atomic mass is 32.1. The van der Waals surface area contributed by atoms with E-state index in [1.807, 2.05) is 0 Å². The molecule has 2 heterocycles. The van der Waals surface area contributed by atoms with Crippen molar-refractivity contribution in [1.82, 2.24) is 4.98 Å². The van der Waals surface area contributed by atoms with Gasteiger partial charge in [-0.2, -0.15) is 0 Å². The summed E-state index contributed by atoms with van der Waals surface area (Å²) >= 11 is 1.12. The zero-order chi connectivity index (χ0) is 22.0. The van der Waals surface area contributed by atoms with E-state index >= 15 is 0 Å². The molecule has 1 fully saturated rings. The predicted molar refractivity (Wildman–Crippen MR) is 110 cm³/mol. The summed E-state index contributed by atoms with van der Waals surface area (Å²) in [5, 5.41) is 0.377. The molecule has 3 aromatic rings. The molecule has 10 heteroatoms. The number of amides is 1. The molecule has 0 radical (unpaired) electrons. The number of carbonyl (C=O) groups excluding carboxylic acids is 1. The van der Waals surface area contributed by atoms with Crippen LogP contribution in [0.15, 0.2) is 42.5 Å². The number of alkyl halides is 3. The van der Waals surface area contributed by atoms with Gasteiger partial charge in [-0.1, -0.05) is 17.4 Å². The van der Waals surface area contributed by atoms with Gasteiger partial charge in [0, 0.05) is 18.2 Å². The molecule has 0 N–H and O–H groups in total. The lowest BCUT2D eigenvalue weighted by Crippen LogP contribution is -2.37. The third kappa shape index (κ3) is 5.08. The van der Waals surface area contributed by atoms with E-state index in [0.29, 0.717) is 39.8 Å². The first kappa shape index (κ1) is 21.4. The largest absolute Gasteiger partial charge is 0.573 e. The van der Waals surface area contributed by atoms with Gasteiger partial charge in [0.25, 0.3) is 5.91 Å². The Kier molecular flexibility index (Phi) is 6.01. The average Bonchev–Trinajstić information content (AvgIpc) is 3.39. The molecule has 1 unspecified atom stereocenters. The number of benzene rings is 2. The van der Waals surface area contributed by atoms with Crippen LogP contribution in [0.3, 0.4) is 0 Å². The summed E-state index contributed by atoms with van der Waals surface area (Å²) in [4.78, 5) is 19.3. The van der Waals surface area contributed by atoms with Crippen molar-refractivity contribution in [3.63, 3.8) is 0 Å². The first-order valence-electron chi connectivity index (χ1n) is 9.56. The minimum Gasteiger partial charge on any atom is -0.497 e. The van der Waals surface area contributed by atoms with E-state index in [4.69, 9.17) is 9.47 Å². The smallest absolute Gasteiger partial charge is 0.497 e. The van der Waals surface area contributed by atoms with Crippen LogP contribution >= 0.6 is 11.3 Å². The second kappa shape index (κ2) is 8.72.